The van der Waals surface area contributed by atoms with E-state index in [0.29, 0.717) is 23.7 Å². The van der Waals surface area contributed by atoms with Crippen molar-refractivity contribution >= 4 is 5.97 Å². The highest BCUT2D eigenvalue weighted by molar-refractivity contribution is 5.90. The van der Waals surface area contributed by atoms with Crippen molar-refractivity contribution < 1.29 is 14.6 Å². The smallest absolute Gasteiger partial charge is 0.335 e. The Balaban J connectivity index is 2.39. The molecule has 0 aliphatic rings. The molecule has 0 bridgehead atoms. The van der Waals surface area contributed by atoms with Crippen LogP contribution in [0.5, 0.6) is 5.88 Å². The molecule has 1 aromatic heterocycles. The average Bonchev–Trinajstić information content (AvgIpc) is 2.39. The normalized spacial score (nSPS) is 10.2. The summed E-state index contributed by atoms with van der Waals surface area (Å²) in [6, 6.07) is 5.07. The van der Waals surface area contributed by atoms with Crippen LogP contribution in [0.1, 0.15) is 22.8 Å². The van der Waals surface area contributed by atoms with Gasteiger partial charge in [0.1, 0.15) is 0 Å². The van der Waals surface area contributed by atoms with Gasteiger partial charge in [0.05, 0.1) is 30.3 Å². The number of ether oxygens (including phenoxy) is 1. The molecule has 0 spiro atoms. The Morgan fingerprint density at radius 1 is 1.37 bits per heavy atom. The van der Waals surface area contributed by atoms with E-state index in [1.54, 1.807) is 37.5 Å². The first kappa shape index (κ1) is 13.0. The molecule has 98 valence electrons. The molecule has 1 heterocycles. The fourth-order valence-electron chi connectivity index (χ4n) is 1.77. The van der Waals surface area contributed by atoms with E-state index in [2.05, 4.69) is 9.97 Å². The number of aromatic carboxylic acids is 1. The summed E-state index contributed by atoms with van der Waals surface area (Å²) < 4.78 is 5.29. The number of nitrogens with zero attached hydrogens (tertiary/aromatic N) is 2. The maximum atomic E-state index is 11.0. The number of rotatable bonds is 4. The van der Waals surface area contributed by atoms with Crippen molar-refractivity contribution in [3.05, 3.63) is 41.7 Å². The predicted octanol–water partition coefficient (Wildman–Crippen LogP) is 2.55. The van der Waals surface area contributed by atoms with Crippen molar-refractivity contribution in [1.82, 2.24) is 9.97 Å². The monoisotopic (exact) mass is 258 g/mol. The second-order valence-electron chi connectivity index (χ2n) is 4.01. The van der Waals surface area contributed by atoms with Gasteiger partial charge in [0.25, 0.3) is 0 Å². The second kappa shape index (κ2) is 5.48. The van der Waals surface area contributed by atoms with Gasteiger partial charge in [-0.15, -0.1) is 0 Å². The lowest BCUT2D eigenvalue weighted by atomic mass is 10.0. The van der Waals surface area contributed by atoms with Gasteiger partial charge >= 0.3 is 5.97 Å². The van der Waals surface area contributed by atoms with Gasteiger partial charge in [0.2, 0.25) is 5.88 Å². The van der Waals surface area contributed by atoms with E-state index in [0.717, 1.165) is 5.56 Å². The zero-order valence-electron chi connectivity index (χ0n) is 10.8. The number of hydrogen-bond donors (Lipinski definition) is 1. The minimum absolute atomic E-state index is 0.290. The Kier molecular flexibility index (Phi) is 3.75. The lowest BCUT2D eigenvalue weighted by molar-refractivity contribution is 0.0696. The fraction of sp³-hybridized carbons (Fsp3) is 0.214. The number of aromatic nitrogens is 2. The van der Waals surface area contributed by atoms with Gasteiger partial charge < -0.3 is 9.84 Å². The number of carbonyl (C=O) groups is 1. The Morgan fingerprint density at radius 2 is 2.16 bits per heavy atom. The van der Waals surface area contributed by atoms with Crippen molar-refractivity contribution in [2.45, 2.75) is 13.8 Å². The van der Waals surface area contributed by atoms with E-state index in [9.17, 15) is 4.79 Å². The first-order valence-corrected chi connectivity index (χ1v) is 5.91. The highest BCUT2D eigenvalue weighted by atomic mass is 16.5. The van der Waals surface area contributed by atoms with E-state index in [1.165, 1.54) is 0 Å². The van der Waals surface area contributed by atoms with Gasteiger partial charge in [-0.25, -0.2) is 9.78 Å². The molecule has 0 amide bonds. The summed E-state index contributed by atoms with van der Waals surface area (Å²) >= 11 is 0. The summed E-state index contributed by atoms with van der Waals surface area (Å²) in [5.41, 5.74) is 2.45. The molecule has 0 saturated heterocycles. The van der Waals surface area contributed by atoms with E-state index >= 15 is 0 Å². The largest absolute Gasteiger partial charge is 0.478 e. The van der Waals surface area contributed by atoms with Crippen LogP contribution in [-0.2, 0) is 0 Å². The fourth-order valence-corrected chi connectivity index (χ4v) is 1.77. The summed E-state index contributed by atoms with van der Waals surface area (Å²) in [5, 5.41) is 8.99. The summed E-state index contributed by atoms with van der Waals surface area (Å²) in [5.74, 6) is -0.474. The summed E-state index contributed by atoms with van der Waals surface area (Å²) in [7, 11) is 0. The van der Waals surface area contributed by atoms with E-state index in [-0.39, 0.29) is 5.56 Å². The van der Waals surface area contributed by atoms with Crippen LogP contribution in [0.25, 0.3) is 11.3 Å². The van der Waals surface area contributed by atoms with Gasteiger partial charge in [0, 0.05) is 5.56 Å². The van der Waals surface area contributed by atoms with Crippen molar-refractivity contribution in [3.63, 3.8) is 0 Å². The van der Waals surface area contributed by atoms with Gasteiger partial charge in [-0.3, -0.25) is 4.98 Å². The lowest BCUT2D eigenvalue weighted by Crippen LogP contribution is -2.00. The summed E-state index contributed by atoms with van der Waals surface area (Å²) in [4.78, 5) is 19.3. The zero-order chi connectivity index (χ0) is 13.8. The molecule has 0 radical (unpaired) electrons. The van der Waals surface area contributed by atoms with Gasteiger partial charge in [-0.1, -0.05) is 6.07 Å². The number of benzene rings is 1. The molecule has 5 heteroatoms. The molecule has 19 heavy (non-hydrogen) atoms. The minimum atomic E-state index is -0.932. The van der Waals surface area contributed by atoms with Crippen LogP contribution in [-0.4, -0.2) is 27.7 Å². The molecule has 0 fully saturated rings. The Morgan fingerprint density at radius 3 is 2.79 bits per heavy atom. The first-order chi connectivity index (χ1) is 9.11. The van der Waals surface area contributed by atoms with Crippen molar-refractivity contribution in [1.29, 1.82) is 0 Å². The van der Waals surface area contributed by atoms with Gasteiger partial charge in [-0.2, -0.15) is 0 Å². The van der Waals surface area contributed by atoms with Crippen LogP contribution >= 0.6 is 0 Å². The third-order valence-corrected chi connectivity index (χ3v) is 2.66. The molecule has 0 unspecified atom stereocenters. The number of carboxylic acids is 1. The maximum absolute atomic E-state index is 11.0. The molecular formula is C14H14N2O3. The third-order valence-electron chi connectivity index (χ3n) is 2.66. The van der Waals surface area contributed by atoms with Crippen LogP contribution in [0.15, 0.2) is 30.6 Å². The minimum Gasteiger partial charge on any atom is -0.478 e. The molecule has 0 saturated carbocycles. The zero-order valence-corrected chi connectivity index (χ0v) is 10.8. The highest BCUT2D eigenvalue weighted by Gasteiger charge is 2.09. The molecule has 1 aromatic carbocycles. The summed E-state index contributed by atoms with van der Waals surface area (Å²) in [6.45, 7) is 4.15. The molecular weight excluding hydrogens is 244 g/mol. The van der Waals surface area contributed by atoms with E-state index in [1.807, 2.05) is 6.92 Å². The molecule has 2 rings (SSSR count). The van der Waals surface area contributed by atoms with E-state index in [4.69, 9.17) is 9.84 Å². The van der Waals surface area contributed by atoms with Crippen LogP contribution in [0.2, 0.25) is 0 Å². The lowest BCUT2D eigenvalue weighted by Gasteiger charge is -2.06. The Bertz CT molecular complexity index is 611. The van der Waals surface area contributed by atoms with Gasteiger partial charge in [0.15, 0.2) is 0 Å². The van der Waals surface area contributed by atoms with Gasteiger partial charge in [-0.05, 0) is 31.5 Å². The van der Waals surface area contributed by atoms with Crippen LogP contribution in [0.4, 0.5) is 0 Å². The maximum Gasteiger partial charge on any atom is 0.335 e. The Labute approximate surface area is 110 Å². The average molecular weight is 258 g/mol. The topological polar surface area (TPSA) is 72.3 Å². The van der Waals surface area contributed by atoms with Crippen LogP contribution in [0, 0.1) is 6.92 Å². The van der Waals surface area contributed by atoms with Crippen LogP contribution in [0.3, 0.4) is 0 Å². The SMILES string of the molecule is CCOc1cncc(-c2ccc(C(=O)O)c(C)c2)n1. The predicted molar refractivity (Wildman–Crippen MR) is 70.3 cm³/mol. The number of carboxylic acid groups (broad SMARTS) is 1. The molecule has 2 aromatic rings. The first-order valence-electron chi connectivity index (χ1n) is 5.91. The molecule has 0 aliphatic heterocycles. The van der Waals surface area contributed by atoms with Crippen molar-refractivity contribution in [2.75, 3.05) is 6.61 Å². The van der Waals surface area contributed by atoms with Crippen molar-refractivity contribution in [3.8, 4) is 17.1 Å². The standard InChI is InChI=1S/C14H14N2O3/c1-3-19-13-8-15-7-12(16-13)10-4-5-11(14(17)18)9(2)6-10/h4-8H,3H2,1-2H3,(H,17,18). The molecule has 0 atom stereocenters. The quantitative estimate of drug-likeness (QED) is 0.912. The molecule has 1 N–H and O–H groups in total. The second-order valence-corrected chi connectivity index (χ2v) is 4.01. The van der Waals surface area contributed by atoms with Crippen molar-refractivity contribution in [2.24, 2.45) is 0 Å². The summed E-state index contributed by atoms with van der Waals surface area (Å²) in [6.07, 6.45) is 3.17. The third kappa shape index (κ3) is 2.88. The highest BCUT2D eigenvalue weighted by Crippen LogP contribution is 2.21. The number of aryl methyl sites for hydroxylation is 1. The molecule has 5 nitrogen and oxygen atoms in total. The van der Waals surface area contributed by atoms with Crippen LogP contribution < -0.4 is 4.74 Å². The molecule has 0 aliphatic carbocycles. The van der Waals surface area contributed by atoms with E-state index < -0.39 is 5.97 Å². The Hall–Kier alpha value is -2.43. The number of hydrogen-bond acceptors (Lipinski definition) is 4.